The smallest absolute Gasteiger partial charge is 0.182 e. The molecule has 0 radical (unpaired) electrons. The summed E-state index contributed by atoms with van der Waals surface area (Å²) in [5.74, 6) is -0.301. The lowest BCUT2D eigenvalue weighted by Gasteiger charge is -2.08. The summed E-state index contributed by atoms with van der Waals surface area (Å²) in [6.45, 7) is 4.07. The second-order valence-corrected chi connectivity index (χ2v) is 6.14. The fourth-order valence-corrected chi connectivity index (χ4v) is 3.10. The maximum atomic E-state index is 13.8. The number of halogens is 2. The van der Waals surface area contributed by atoms with E-state index in [1.807, 2.05) is 30.5 Å². The predicted molar refractivity (Wildman–Crippen MR) is 85.6 cm³/mol. The van der Waals surface area contributed by atoms with Crippen LogP contribution in [0.15, 0.2) is 34.8 Å². The second kappa shape index (κ2) is 4.82. The highest BCUT2D eigenvalue weighted by Gasteiger charge is 2.10. The second-order valence-electron chi connectivity index (χ2n) is 4.89. The van der Waals surface area contributed by atoms with Crippen molar-refractivity contribution in [2.75, 3.05) is 0 Å². The van der Waals surface area contributed by atoms with Crippen LogP contribution in [-0.4, -0.2) is 9.55 Å². The van der Waals surface area contributed by atoms with Gasteiger partial charge in [0.05, 0.1) is 15.5 Å². The van der Waals surface area contributed by atoms with Gasteiger partial charge >= 0.3 is 0 Å². The van der Waals surface area contributed by atoms with Crippen molar-refractivity contribution in [3.8, 4) is 5.69 Å². The molecule has 0 bridgehead atoms. The van der Waals surface area contributed by atoms with E-state index in [0.29, 0.717) is 9.24 Å². The normalized spacial score (nSPS) is 11.2. The van der Waals surface area contributed by atoms with Crippen LogP contribution < -0.4 is 0 Å². The van der Waals surface area contributed by atoms with E-state index in [0.717, 1.165) is 27.8 Å². The molecule has 0 saturated carbocycles. The van der Waals surface area contributed by atoms with Gasteiger partial charge in [-0.15, -0.1) is 0 Å². The molecule has 2 nitrogen and oxygen atoms in total. The molecule has 20 heavy (non-hydrogen) atoms. The molecule has 1 N–H and O–H groups in total. The van der Waals surface area contributed by atoms with Gasteiger partial charge in [0, 0.05) is 11.8 Å². The molecular formula is C15H12BrFN2S. The summed E-state index contributed by atoms with van der Waals surface area (Å²) in [6.07, 6.45) is 0. The lowest BCUT2D eigenvalue weighted by atomic mass is 10.1. The Balaban J connectivity index is 2.38. The van der Waals surface area contributed by atoms with Crippen molar-refractivity contribution in [2.24, 2.45) is 0 Å². The van der Waals surface area contributed by atoms with Crippen LogP contribution in [0.1, 0.15) is 11.1 Å². The number of H-pyrrole nitrogens is 1. The van der Waals surface area contributed by atoms with Crippen molar-refractivity contribution in [2.45, 2.75) is 13.8 Å². The summed E-state index contributed by atoms with van der Waals surface area (Å²) >= 11 is 8.57. The molecule has 0 aliphatic rings. The van der Waals surface area contributed by atoms with Gasteiger partial charge in [0.2, 0.25) is 0 Å². The number of aromatic amines is 1. The topological polar surface area (TPSA) is 20.7 Å². The van der Waals surface area contributed by atoms with Gasteiger partial charge in [-0.1, -0.05) is 6.07 Å². The number of imidazole rings is 1. The van der Waals surface area contributed by atoms with E-state index in [-0.39, 0.29) is 5.82 Å². The standard InChI is InChI=1S/C15H12BrFN2S/c1-8-3-9(2)5-10(4-8)19-14-7-12(17)11(16)6-13(14)18-15(19)20/h3-7H,1-2H3,(H,18,20). The highest BCUT2D eigenvalue weighted by molar-refractivity contribution is 9.10. The number of fused-ring (bicyclic) bond motifs is 1. The van der Waals surface area contributed by atoms with E-state index >= 15 is 0 Å². The molecule has 0 amide bonds. The Bertz CT molecular complexity index is 859. The Labute approximate surface area is 129 Å². The summed E-state index contributed by atoms with van der Waals surface area (Å²) < 4.78 is 16.6. The molecule has 0 aliphatic carbocycles. The molecule has 3 aromatic rings. The fraction of sp³-hybridized carbons (Fsp3) is 0.133. The summed E-state index contributed by atoms with van der Waals surface area (Å²) in [4.78, 5) is 3.11. The molecule has 2 aromatic carbocycles. The average molecular weight is 351 g/mol. The van der Waals surface area contributed by atoms with Crippen molar-refractivity contribution in [1.82, 2.24) is 9.55 Å². The molecule has 0 aliphatic heterocycles. The molecule has 1 heterocycles. The van der Waals surface area contributed by atoms with Gasteiger partial charge in [-0.2, -0.15) is 0 Å². The number of benzene rings is 2. The van der Waals surface area contributed by atoms with Crippen LogP contribution in [0.5, 0.6) is 0 Å². The third kappa shape index (κ3) is 2.21. The number of hydrogen-bond acceptors (Lipinski definition) is 1. The van der Waals surface area contributed by atoms with Gasteiger partial charge in [-0.25, -0.2) is 4.39 Å². The van der Waals surface area contributed by atoms with Crippen LogP contribution in [-0.2, 0) is 0 Å². The Hall–Kier alpha value is -1.46. The lowest BCUT2D eigenvalue weighted by Crippen LogP contribution is -1.96. The zero-order valence-corrected chi connectivity index (χ0v) is 13.4. The molecule has 0 spiro atoms. The molecule has 102 valence electrons. The minimum absolute atomic E-state index is 0.301. The maximum Gasteiger partial charge on any atom is 0.182 e. The average Bonchev–Trinajstić information content (AvgIpc) is 2.64. The first kappa shape index (κ1) is 13.5. The molecule has 0 unspecified atom stereocenters. The predicted octanol–water partition coefficient (Wildman–Crippen LogP) is 5.21. The van der Waals surface area contributed by atoms with Gasteiger partial charge in [0.25, 0.3) is 0 Å². The third-order valence-electron chi connectivity index (χ3n) is 3.19. The van der Waals surface area contributed by atoms with Crippen molar-refractivity contribution >= 4 is 39.2 Å². The van der Waals surface area contributed by atoms with E-state index in [1.165, 1.54) is 6.07 Å². The Morgan fingerprint density at radius 2 is 1.75 bits per heavy atom. The zero-order valence-electron chi connectivity index (χ0n) is 11.0. The molecular weight excluding hydrogens is 339 g/mol. The number of rotatable bonds is 1. The van der Waals surface area contributed by atoms with Crippen molar-refractivity contribution in [3.05, 3.63) is 56.5 Å². The molecule has 1 aromatic heterocycles. The highest BCUT2D eigenvalue weighted by atomic mass is 79.9. The quantitative estimate of drug-likeness (QED) is 0.597. The van der Waals surface area contributed by atoms with Crippen LogP contribution >= 0.6 is 28.1 Å². The minimum atomic E-state index is -0.301. The Morgan fingerprint density at radius 3 is 2.40 bits per heavy atom. The number of hydrogen-bond donors (Lipinski definition) is 1. The molecule has 0 atom stereocenters. The minimum Gasteiger partial charge on any atom is -0.330 e. The number of aryl methyl sites for hydroxylation is 2. The van der Waals surface area contributed by atoms with E-state index < -0.39 is 0 Å². The summed E-state index contributed by atoms with van der Waals surface area (Å²) in [6, 6.07) is 9.37. The summed E-state index contributed by atoms with van der Waals surface area (Å²) in [7, 11) is 0. The lowest BCUT2D eigenvalue weighted by molar-refractivity contribution is 0.622. The van der Waals surface area contributed by atoms with Crippen LogP contribution in [0.3, 0.4) is 0 Å². The van der Waals surface area contributed by atoms with Gasteiger partial charge < -0.3 is 4.98 Å². The van der Waals surface area contributed by atoms with Gasteiger partial charge in [-0.3, -0.25) is 4.57 Å². The highest BCUT2D eigenvalue weighted by Crippen LogP contribution is 2.26. The third-order valence-corrected chi connectivity index (χ3v) is 4.08. The van der Waals surface area contributed by atoms with Crippen molar-refractivity contribution in [1.29, 1.82) is 0 Å². The van der Waals surface area contributed by atoms with Gasteiger partial charge in [0.1, 0.15) is 5.82 Å². The molecule has 5 heteroatoms. The van der Waals surface area contributed by atoms with Crippen LogP contribution in [0.25, 0.3) is 16.7 Å². The summed E-state index contributed by atoms with van der Waals surface area (Å²) in [5.41, 5.74) is 4.78. The first-order valence-corrected chi connectivity index (χ1v) is 7.34. The first-order valence-electron chi connectivity index (χ1n) is 6.14. The Kier molecular flexibility index (Phi) is 3.26. The molecule has 3 rings (SSSR count). The van der Waals surface area contributed by atoms with Gasteiger partial charge in [0.15, 0.2) is 4.77 Å². The SMILES string of the molecule is Cc1cc(C)cc(-n2c(=S)[nH]c3cc(Br)c(F)cc32)c1. The van der Waals surface area contributed by atoms with Crippen molar-refractivity contribution < 1.29 is 4.39 Å². The monoisotopic (exact) mass is 350 g/mol. The van der Waals surface area contributed by atoms with E-state index in [4.69, 9.17) is 12.2 Å². The van der Waals surface area contributed by atoms with Gasteiger partial charge in [-0.05, 0) is 71.3 Å². The first-order chi connectivity index (χ1) is 9.45. The summed E-state index contributed by atoms with van der Waals surface area (Å²) in [5, 5.41) is 0. The molecule has 0 fully saturated rings. The zero-order chi connectivity index (χ0) is 14.4. The van der Waals surface area contributed by atoms with Crippen LogP contribution in [0.4, 0.5) is 4.39 Å². The van der Waals surface area contributed by atoms with Crippen LogP contribution in [0.2, 0.25) is 0 Å². The number of nitrogens with zero attached hydrogens (tertiary/aromatic N) is 1. The number of aromatic nitrogens is 2. The Morgan fingerprint density at radius 1 is 1.10 bits per heavy atom. The molecule has 0 saturated heterocycles. The van der Waals surface area contributed by atoms with Crippen molar-refractivity contribution in [3.63, 3.8) is 0 Å². The van der Waals surface area contributed by atoms with Crippen LogP contribution in [0, 0.1) is 24.4 Å². The van der Waals surface area contributed by atoms with E-state index in [2.05, 4.69) is 27.0 Å². The largest absolute Gasteiger partial charge is 0.330 e. The number of nitrogens with one attached hydrogen (secondary N) is 1. The maximum absolute atomic E-state index is 13.8. The van der Waals surface area contributed by atoms with E-state index in [9.17, 15) is 4.39 Å². The fourth-order valence-electron chi connectivity index (χ4n) is 2.44. The van der Waals surface area contributed by atoms with E-state index in [1.54, 1.807) is 6.07 Å².